The SMILES string of the molecule is NC(=O)c1cc(OCC2CCCCC2)c2ccccc2c1O. The molecule has 0 unspecified atom stereocenters. The van der Waals surface area contributed by atoms with Crippen LogP contribution >= 0.6 is 0 Å². The van der Waals surface area contributed by atoms with E-state index in [0.29, 0.717) is 23.7 Å². The predicted molar refractivity (Wildman–Crippen MR) is 86.2 cm³/mol. The van der Waals surface area contributed by atoms with E-state index in [0.717, 1.165) is 5.39 Å². The molecule has 116 valence electrons. The van der Waals surface area contributed by atoms with E-state index in [-0.39, 0.29) is 11.3 Å². The third kappa shape index (κ3) is 2.86. The van der Waals surface area contributed by atoms with Gasteiger partial charge in [-0.1, -0.05) is 43.5 Å². The lowest BCUT2D eigenvalue weighted by molar-refractivity contribution is 0.0997. The van der Waals surface area contributed by atoms with E-state index in [1.807, 2.05) is 18.2 Å². The monoisotopic (exact) mass is 299 g/mol. The van der Waals surface area contributed by atoms with Crippen LogP contribution < -0.4 is 10.5 Å². The van der Waals surface area contributed by atoms with Crippen molar-refractivity contribution in [3.63, 3.8) is 0 Å². The van der Waals surface area contributed by atoms with Crippen molar-refractivity contribution < 1.29 is 14.6 Å². The van der Waals surface area contributed by atoms with Gasteiger partial charge in [-0.15, -0.1) is 0 Å². The summed E-state index contributed by atoms with van der Waals surface area (Å²) in [7, 11) is 0. The minimum Gasteiger partial charge on any atom is -0.506 e. The Morgan fingerprint density at radius 1 is 1.18 bits per heavy atom. The number of ether oxygens (including phenoxy) is 1. The van der Waals surface area contributed by atoms with Gasteiger partial charge in [0.1, 0.15) is 11.5 Å². The van der Waals surface area contributed by atoms with Crippen LogP contribution in [0.3, 0.4) is 0 Å². The van der Waals surface area contributed by atoms with Crippen LogP contribution in [0.15, 0.2) is 30.3 Å². The highest BCUT2D eigenvalue weighted by atomic mass is 16.5. The number of nitrogens with two attached hydrogens (primary N) is 1. The Labute approximate surface area is 129 Å². The third-order valence-corrected chi connectivity index (χ3v) is 4.44. The molecule has 0 atom stereocenters. The van der Waals surface area contributed by atoms with Gasteiger partial charge in [-0.05, 0) is 24.8 Å². The lowest BCUT2D eigenvalue weighted by atomic mass is 9.90. The summed E-state index contributed by atoms with van der Waals surface area (Å²) >= 11 is 0. The molecule has 0 heterocycles. The second-order valence-corrected chi connectivity index (χ2v) is 6.00. The van der Waals surface area contributed by atoms with Gasteiger partial charge in [0.05, 0.1) is 12.2 Å². The molecule has 0 saturated heterocycles. The molecule has 0 bridgehead atoms. The highest BCUT2D eigenvalue weighted by Gasteiger charge is 2.18. The zero-order valence-corrected chi connectivity index (χ0v) is 12.5. The number of fused-ring (bicyclic) bond motifs is 1. The van der Waals surface area contributed by atoms with Crippen LogP contribution in [0.4, 0.5) is 0 Å². The van der Waals surface area contributed by atoms with Crippen molar-refractivity contribution in [3.8, 4) is 11.5 Å². The largest absolute Gasteiger partial charge is 0.506 e. The third-order valence-electron chi connectivity index (χ3n) is 4.44. The lowest BCUT2D eigenvalue weighted by Gasteiger charge is -2.22. The zero-order chi connectivity index (χ0) is 15.5. The number of rotatable bonds is 4. The fourth-order valence-electron chi connectivity index (χ4n) is 3.20. The van der Waals surface area contributed by atoms with Gasteiger partial charge in [0.25, 0.3) is 5.91 Å². The number of aromatic hydroxyl groups is 1. The minimum atomic E-state index is -0.647. The van der Waals surface area contributed by atoms with Crippen LogP contribution in [0, 0.1) is 5.92 Å². The lowest BCUT2D eigenvalue weighted by Crippen LogP contribution is -2.16. The number of primary amides is 1. The fourth-order valence-corrected chi connectivity index (χ4v) is 3.20. The smallest absolute Gasteiger partial charge is 0.252 e. The fraction of sp³-hybridized carbons (Fsp3) is 0.389. The van der Waals surface area contributed by atoms with Crippen molar-refractivity contribution in [2.45, 2.75) is 32.1 Å². The summed E-state index contributed by atoms with van der Waals surface area (Å²) in [4.78, 5) is 11.5. The summed E-state index contributed by atoms with van der Waals surface area (Å²) in [5.41, 5.74) is 5.47. The van der Waals surface area contributed by atoms with Crippen molar-refractivity contribution in [1.82, 2.24) is 0 Å². The molecule has 22 heavy (non-hydrogen) atoms. The summed E-state index contributed by atoms with van der Waals surface area (Å²) in [6, 6.07) is 8.92. The van der Waals surface area contributed by atoms with Crippen LogP contribution in [0.5, 0.6) is 11.5 Å². The summed E-state index contributed by atoms with van der Waals surface area (Å²) in [6.45, 7) is 0.646. The van der Waals surface area contributed by atoms with E-state index in [9.17, 15) is 9.90 Å². The number of carbonyl (C=O) groups is 1. The highest BCUT2D eigenvalue weighted by molar-refractivity contribution is 6.05. The summed E-state index contributed by atoms with van der Waals surface area (Å²) in [5.74, 6) is 0.463. The van der Waals surface area contributed by atoms with Gasteiger partial charge in [0, 0.05) is 10.8 Å². The first-order valence-electron chi connectivity index (χ1n) is 7.84. The maximum Gasteiger partial charge on any atom is 0.252 e. The molecule has 3 rings (SSSR count). The van der Waals surface area contributed by atoms with Gasteiger partial charge in [-0.3, -0.25) is 4.79 Å². The summed E-state index contributed by atoms with van der Waals surface area (Å²) < 4.78 is 5.99. The van der Waals surface area contributed by atoms with Crippen molar-refractivity contribution in [2.75, 3.05) is 6.61 Å². The first-order chi connectivity index (χ1) is 10.7. The number of hydrogen-bond donors (Lipinski definition) is 2. The van der Waals surface area contributed by atoms with Crippen molar-refractivity contribution in [2.24, 2.45) is 11.7 Å². The average Bonchev–Trinajstić information content (AvgIpc) is 2.55. The number of benzene rings is 2. The summed E-state index contributed by atoms with van der Waals surface area (Å²) in [5, 5.41) is 11.6. The maximum absolute atomic E-state index is 11.5. The van der Waals surface area contributed by atoms with Crippen molar-refractivity contribution in [3.05, 3.63) is 35.9 Å². The number of amides is 1. The molecule has 1 aliphatic rings. The van der Waals surface area contributed by atoms with Crippen molar-refractivity contribution in [1.29, 1.82) is 0 Å². The molecule has 1 saturated carbocycles. The second kappa shape index (κ2) is 6.26. The van der Waals surface area contributed by atoms with E-state index >= 15 is 0 Å². The quantitative estimate of drug-likeness (QED) is 0.906. The summed E-state index contributed by atoms with van der Waals surface area (Å²) in [6.07, 6.45) is 6.22. The Kier molecular flexibility index (Phi) is 4.18. The second-order valence-electron chi connectivity index (χ2n) is 6.00. The predicted octanol–water partition coefficient (Wildman–Crippen LogP) is 3.60. The van der Waals surface area contributed by atoms with Crippen LogP contribution in [0.25, 0.3) is 10.8 Å². The molecule has 1 fully saturated rings. The first kappa shape index (κ1) is 14.7. The number of phenols is 1. The number of hydrogen-bond acceptors (Lipinski definition) is 3. The Morgan fingerprint density at radius 2 is 1.86 bits per heavy atom. The Morgan fingerprint density at radius 3 is 2.55 bits per heavy atom. The highest BCUT2D eigenvalue weighted by Crippen LogP contribution is 2.36. The Bertz CT molecular complexity index is 690. The van der Waals surface area contributed by atoms with Crippen LogP contribution in [-0.4, -0.2) is 17.6 Å². The molecule has 0 aromatic heterocycles. The molecule has 4 heteroatoms. The van der Waals surface area contributed by atoms with Gasteiger partial charge in [-0.2, -0.15) is 0 Å². The Hall–Kier alpha value is -2.23. The van der Waals surface area contributed by atoms with Gasteiger partial charge < -0.3 is 15.6 Å². The molecular formula is C18H21NO3. The van der Waals surface area contributed by atoms with Gasteiger partial charge in [0.2, 0.25) is 0 Å². The first-order valence-corrected chi connectivity index (χ1v) is 7.84. The normalized spacial score (nSPS) is 15.8. The topological polar surface area (TPSA) is 72.6 Å². The van der Waals surface area contributed by atoms with Crippen molar-refractivity contribution >= 4 is 16.7 Å². The molecule has 0 radical (unpaired) electrons. The van der Waals surface area contributed by atoms with E-state index in [4.69, 9.17) is 10.5 Å². The van der Waals surface area contributed by atoms with Gasteiger partial charge in [-0.25, -0.2) is 0 Å². The molecule has 2 aromatic rings. The van der Waals surface area contributed by atoms with Gasteiger partial charge >= 0.3 is 0 Å². The van der Waals surface area contributed by atoms with E-state index in [1.165, 1.54) is 32.1 Å². The average molecular weight is 299 g/mol. The van der Waals surface area contributed by atoms with E-state index in [1.54, 1.807) is 12.1 Å². The van der Waals surface area contributed by atoms with E-state index in [2.05, 4.69) is 0 Å². The molecule has 0 aliphatic heterocycles. The Balaban J connectivity index is 1.93. The van der Waals surface area contributed by atoms with E-state index < -0.39 is 5.91 Å². The van der Waals surface area contributed by atoms with Crippen LogP contribution in [-0.2, 0) is 0 Å². The standard InChI is InChI=1S/C18H21NO3/c19-18(21)15-10-16(22-11-12-6-2-1-3-7-12)13-8-4-5-9-14(13)17(15)20/h4-5,8-10,12,20H,1-3,6-7,11H2,(H2,19,21). The molecule has 4 nitrogen and oxygen atoms in total. The molecule has 0 spiro atoms. The van der Waals surface area contributed by atoms with Crippen LogP contribution in [0.2, 0.25) is 0 Å². The molecular weight excluding hydrogens is 278 g/mol. The number of carbonyl (C=O) groups excluding carboxylic acids is 1. The molecule has 2 aromatic carbocycles. The zero-order valence-electron chi connectivity index (χ0n) is 12.5. The molecule has 3 N–H and O–H groups in total. The molecule has 1 aliphatic carbocycles. The van der Waals surface area contributed by atoms with Gasteiger partial charge in [0.15, 0.2) is 0 Å². The maximum atomic E-state index is 11.5. The molecule has 1 amide bonds. The minimum absolute atomic E-state index is 0.0758. The van der Waals surface area contributed by atoms with Crippen LogP contribution in [0.1, 0.15) is 42.5 Å².